The quantitative estimate of drug-likeness (QED) is 0.862. The monoisotopic (exact) mass is 297 g/mol. The summed E-state index contributed by atoms with van der Waals surface area (Å²) < 4.78 is 31.8. The molecule has 0 N–H and O–H groups in total. The van der Waals surface area contributed by atoms with Crippen molar-refractivity contribution in [1.29, 1.82) is 0 Å². The fourth-order valence-corrected chi connectivity index (χ4v) is 3.63. The Labute approximate surface area is 121 Å². The molecule has 0 aromatic heterocycles. The molecular formula is C15H23NO3S. The molecule has 5 heteroatoms. The maximum Gasteiger partial charge on any atom is 0.214 e. The molecule has 20 heavy (non-hydrogen) atoms. The SMILES string of the molecule is CCS(=O)(=O)N(C)C1CC(C)(C)Oc2cc(C)ccc21. The first-order valence-electron chi connectivity index (χ1n) is 6.91. The molecule has 2 rings (SSSR count). The van der Waals surface area contributed by atoms with Crippen molar-refractivity contribution >= 4 is 10.0 Å². The second-order valence-corrected chi connectivity index (χ2v) is 8.36. The van der Waals surface area contributed by atoms with Crippen LogP contribution in [-0.2, 0) is 10.0 Å². The van der Waals surface area contributed by atoms with Gasteiger partial charge in [0.05, 0.1) is 11.8 Å². The molecule has 0 spiro atoms. The van der Waals surface area contributed by atoms with Gasteiger partial charge in [0.25, 0.3) is 0 Å². The minimum Gasteiger partial charge on any atom is -0.487 e. The van der Waals surface area contributed by atoms with Crippen molar-refractivity contribution in [3.63, 3.8) is 0 Å². The van der Waals surface area contributed by atoms with E-state index in [1.807, 2.05) is 39.0 Å². The Morgan fingerprint density at radius 3 is 2.65 bits per heavy atom. The zero-order valence-corrected chi connectivity index (χ0v) is 13.6. The maximum atomic E-state index is 12.2. The van der Waals surface area contributed by atoms with E-state index in [0.29, 0.717) is 6.42 Å². The molecule has 0 saturated heterocycles. The van der Waals surface area contributed by atoms with Crippen molar-refractivity contribution < 1.29 is 13.2 Å². The van der Waals surface area contributed by atoms with Gasteiger partial charge in [-0.3, -0.25) is 0 Å². The number of nitrogens with zero attached hydrogens (tertiary/aromatic N) is 1. The molecule has 1 aliphatic rings. The molecule has 0 radical (unpaired) electrons. The number of aryl methyl sites for hydroxylation is 1. The first-order valence-corrected chi connectivity index (χ1v) is 8.52. The molecule has 0 fully saturated rings. The van der Waals surface area contributed by atoms with Crippen LogP contribution < -0.4 is 4.74 Å². The summed E-state index contributed by atoms with van der Waals surface area (Å²) in [5, 5.41) is 0. The van der Waals surface area contributed by atoms with Crippen molar-refractivity contribution in [1.82, 2.24) is 4.31 Å². The highest BCUT2D eigenvalue weighted by Gasteiger charge is 2.38. The van der Waals surface area contributed by atoms with Gasteiger partial charge in [0.15, 0.2) is 0 Å². The second kappa shape index (κ2) is 5.04. The van der Waals surface area contributed by atoms with Crippen LogP contribution in [0.5, 0.6) is 5.75 Å². The molecule has 0 aliphatic carbocycles. The Bertz CT molecular complexity index is 608. The smallest absolute Gasteiger partial charge is 0.214 e. The van der Waals surface area contributed by atoms with Gasteiger partial charge in [-0.15, -0.1) is 0 Å². The summed E-state index contributed by atoms with van der Waals surface area (Å²) in [4.78, 5) is 0. The minimum absolute atomic E-state index is 0.114. The van der Waals surface area contributed by atoms with Gasteiger partial charge < -0.3 is 4.74 Å². The summed E-state index contributed by atoms with van der Waals surface area (Å²) in [6.45, 7) is 7.68. The molecule has 1 heterocycles. The first kappa shape index (κ1) is 15.3. The lowest BCUT2D eigenvalue weighted by atomic mass is 9.89. The number of benzene rings is 1. The van der Waals surface area contributed by atoms with E-state index in [1.165, 1.54) is 4.31 Å². The number of sulfonamides is 1. The number of rotatable bonds is 3. The van der Waals surface area contributed by atoms with Crippen molar-refractivity contribution in [3.8, 4) is 5.75 Å². The number of hydrogen-bond donors (Lipinski definition) is 0. The van der Waals surface area contributed by atoms with Crippen LogP contribution in [0.4, 0.5) is 0 Å². The Kier molecular flexibility index (Phi) is 3.86. The summed E-state index contributed by atoms with van der Waals surface area (Å²) in [7, 11) is -1.56. The number of fused-ring (bicyclic) bond motifs is 1. The predicted molar refractivity (Wildman–Crippen MR) is 80.5 cm³/mol. The normalized spacial score (nSPS) is 21.4. The van der Waals surface area contributed by atoms with Crippen LogP contribution in [-0.4, -0.2) is 31.1 Å². The highest BCUT2D eigenvalue weighted by Crippen LogP contribution is 2.43. The average molecular weight is 297 g/mol. The average Bonchev–Trinajstić information content (AvgIpc) is 2.35. The summed E-state index contributed by atoms with van der Waals surface area (Å²) in [6, 6.07) is 5.79. The molecule has 4 nitrogen and oxygen atoms in total. The fourth-order valence-electron chi connectivity index (χ4n) is 2.64. The van der Waals surface area contributed by atoms with E-state index in [4.69, 9.17) is 4.74 Å². The number of ether oxygens (including phenoxy) is 1. The van der Waals surface area contributed by atoms with Crippen LogP contribution in [0.25, 0.3) is 0 Å². The molecule has 1 aromatic rings. The molecule has 1 unspecified atom stereocenters. The lowest BCUT2D eigenvalue weighted by Gasteiger charge is -2.40. The minimum atomic E-state index is -3.22. The van der Waals surface area contributed by atoms with Gasteiger partial charge in [-0.05, 0) is 39.3 Å². The van der Waals surface area contributed by atoms with Gasteiger partial charge in [0, 0.05) is 19.0 Å². The van der Waals surface area contributed by atoms with Crippen molar-refractivity contribution in [2.24, 2.45) is 0 Å². The molecule has 1 atom stereocenters. The van der Waals surface area contributed by atoms with Crippen LogP contribution in [0.1, 0.15) is 44.4 Å². The third-order valence-electron chi connectivity index (χ3n) is 3.84. The number of hydrogen-bond acceptors (Lipinski definition) is 3. The molecule has 0 amide bonds. The Morgan fingerprint density at radius 2 is 2.05 bits per heavy atom. The largest absolute Gasteiger partial charge is 0.487 e. The van der Waals surface area contributed by atoms with Gasteiger partial charge in [-0.25, -0.2) is 8.42 Å². The maximum absolute atomic E-state index is 12.2. The van der Waals surface area contributed by atoms with Crippen LogP contribution in [0.2, 0.25) is 0 Å². The molecule has 1 aromatic carbocycles. The third-order valence-corrected chi connectivity index (χ3v) is 5.70. The molecule has 0 bridgehead atoms. The van der Waals surface area contributed by atoms with E-state index in [0.717, 1.165) is 16.9 Å². The van der Waals surface area contributed by atoms with Crippen molar-refractivity contribution in [2.45, 2.75) is 45.8 Å². The zero-order chi connectivity index (χ0) is 15.1. The first-order chi connectivity index (χ1) is 9.16. The van der Waals surface area contributed by atoms with Gasteiger partial charge >= 0.3 is 0 Å². The van der Waals surface area contributed by atoms with Crippen LogP contribution in [0.3, 0.4) is 0 Å². The van der Waals surface area contributed by atoms with Crippen LogP contribution in [0, 0.1) is 6.92 Å². The molecule has 0 saturated carbocycles. The van der Waals surface area contributed by atoms with E-state index < -0.39 is 10.0 Å². The summed E-state index contributed by atoms with van der Waals surface area (Å²) in [5.41, 5.74) is 1.69. The summed E-state index contributed by atoms with van der Waals surface area (Å²) in [6.07, 6.45) is 0.652. The second-order valence-electron chi connectivity index (χ2n) is 6.04. The Morgan fingerprint density at radius 1 is 1.40 bits per heavy atom. The van der Waals surface area contributed by atoms with Crippen LogP contribution in [0.15, 0.2) is 18.2 Å². The van der Waals surface area contributed by atoms with Gasteiger partial charge in [0.2, 0.25) is 10.0 Å². The van der Waals surface area contributed by atoms with E-state index in [9.17, 15) is 8.42 Å². The standard InChI is InChI=1S/C15H23NO3S/c1-6-20(17,18)16(5)13-10-15(3,4)19-14-9-11(2)7-8-12(13)14/h7-9,13H,6,10H2,1-5H3. The molecular weight excluding hydrogens is 274 g/mol. The van der Waals surface area contributed by atoms with Gasteiger partial charge in [-0.1, -0.05) is 12.1 Å². The summed E-state index contributed by atoms with van der Waals surface area (Å²) >= 11 is 0. The zero-order valence-electron chi connectivity index (χ0n) is 12.8. The predicted octanol–water partition coefficient (Wildman–Crippen LogP) is 2.88. The highest BCUT2D eigenvalue weighted by molar-refractivity contribution is 7.89. The van der Waals surface area contributed by atoms with E-state index in [-0.39, 0.29) is 17.4 Å². The summed E-state index contributed by atoms with van der Waals surface area (Å²) in [5.74, 6) is 0.909. The molecule has 112 valence electrons. The fraction of sp³-hybridized carbons (Fsp3) is 0.600. The van der Waals surface area contributed by atoms with E-state index in [2.05, 4.69) is 0 Å². The Hall–Kier alpha value is -1.07. The van der Waals surface area contributed by atoms with E-state index >= 15 is 0 Å². The van der Waals surface area contributed by atoms with Crippen LogP contribution >= 0.6 is 0 Å². The van der Waals surface area contributed by atoms with Crippen molar-refractivity contribution in [3.05, 3.63) is 29.3 Å². The topological polar surface area (TPSA) is 46.6 Å². The lowest BCUT2D eigenvalue weighted by Crippen LogP contribution is -2.42. The van der Waals surface area contributed by atoms with Crippen molar-refractivity contribution in [2.75, 3.05) is 12.8 Å². The Balaban J connectivity index is 2.50. The van der Waals surface area contributed by atoms with E-state index in [1.54, 1.807) is 14.0 Å². The lowest BCUT2D eigenvalue weighted by molar-refractivity contribution is 0.0541. The highest BCUT2D eigenvalue weighted by atomic mass is 32.2. The van der Waals surface area contributed by atoms with Gasteiger partial charge in [0.1, 0.15) is 11.4 Å². The molecule has 1 aliphatic heterocycles. The third kappa shape index (κ3) is 2.83. The van der Waals surface area contributed by atoms with Gasteiger partial charge in [-0.2, -0.15) is 4.31 Å².